The van der Waals surface area contributed by atoms with Crippen LogP contribution in [0, 0.1) is 0 Å². The molecule has 8 rings (SSSR count). The van der Waals surface area contributed by atoms with E-state index in [9.17, 15) is 19.5 Å². The number of pyridine rings is 2. The van der Waals surface area contributed by atoms with Crippen molar-refractivity contribution in [1.82, 2.24) is 29.1 Å². The van der Waals surface area contributed by atoms with Crippen molar-refractivity contribution in [3.8, 4) is 22.9 Å². The third-order valence-corrected chi connectivity index (χ3v) is 10.1. The number of aromatic hydroxyl groups is 1. The van der Waals surface area contributed by atoms with Crippen LogP contribution in [0.25, 0.3) is 52.2 Å². The Labute approximate surface area is 312 Å². The van der Waals surface area contributed by atoms with E-state index in [1.807, 2.05) is 50.1 Å². The number of benzene rings is 2. The van der Waals surface area contributed by atoms with Crippen molar-refractivity contribution in [1.29, 1.82) is 0 Å². The predicted molar refractivity (Wildman–Crippen MR) is 216 cm³/mol. The zero-order chi connectivity index (χ0) is 36.0. The van der Waals surface area contributed by atoms with Gasteiger partial charge in [-0.05, 0) is 60.7 Å². The summed E-state index contributed by atoms with van der Waals surface area (Å²) in [4.78, 5) is 60.4. The first kappa shape index (κ1) is 38.1. The topological polar surface area (TPSA) is 149 Å². The molecule has 0 bridgehead atoms. The van der Waals surface area contributed by atoms with Gasteiger partial charge in [0.15, 0.2) is 0 Å². The lowest BCUT2D eigenvalue weighted by Gasteiger charge is -2.13. The molecule has 6 heterocycles. The van der Waals surface area contributed by atoms with E-state index in [2.05, 4.69) is 19.9 Å². The van der Waals surface area contributed by atoms with Gasteiger partial charge in [-0.3, -0.25) is 23.5 Å². The molecular formula is C38H38N8O5S2. The first-order valence-electron chi connectivity index (χ1n) is 15.5. The summed E-state index contributed by atoms with van der Waals surface area (Å²) in [6, 6.07) is 17.0. The number of rotatable bonds is 5. The molecule has 0 spiro atoms. The maximum absolute atomic E-state index is 13.0. The van der Waals surface area contributed by atoms with Crippen LogP contribution in [0.3, 0.4) is 0 Å². The van der Waals surface area contributed by atoms with Gasteiger partial charge >= 0.3 is 5.97 Å². The van der Waals surface area contributed by atoms with Crippen molar-refractivity contribution in [2.75, 3.05) is 38.0 Å². The van der Waals surface area contributed by atoms with Gasteiger partial charge < -0.3 is 19.6 Å². The Bertz CT molecular complexity index is 2720. The highest BCUT2D eigenvalue weighted by atomic mass is 32.1. The summed E-state index contributed by atoms with van der Waals surface area (Å²) in [5.74, 6) is 0.190. The van der Waals surface area contributed by atoms with E-state index in [1.54, 1.807) is 60.9 Å². The van der Waals surface area contributed by atoms with Gasteiger partial charge in [-0.2, -0.15) is 0 Å². The number of hydrogen-bond donors (Lipinski definition) is 1. The summed E-state index contributed by atoms with van der Waals surface area (Å²) in [5.41, 5.74) is 4.29. The number of phenolic OH excluding ortho intramolecular Hbond substituents is 1. The minimum absolute atomic E-state index is 0. The van der Waals surface area contributed by atoms with Gasteiger partial charge in [-0.1, -0.05) is 14.9 Å². The maximum atomic E-state index is 13.0. The van der Waals surface area contributed by atoms with Crippen LogP contribution >= 0.6 is 22.7 Å². The number of phenols is 1. The second kappa shape index (κ2) is 15.2. The molecule has 1 N–H and O–H groups in total. The number of carbonyl (C=O) groups is 1. The van der Waals surface area contributed by atoms with Gasteiger partial charge in [0.05, 0.1) is 44.6 Å². The van der Waals surface area contributed by atoms with Gasteiger partial charge in [-0.15, -0.1) is 22.7 Å². The van der Waals surface area contributed by atoms with Crippen LogP contribution in [0.5, 0.6) is 11.5 Å². The number of anilines is 2. The highest BCUT2D eigenvalue weighted by Gasteiger charge is 2.18. The number of ether oxygens (including phenoxy) is 1. The van der Waals surface area contributed by atoms with E-state index in [0.29, 0.717) is 37.6 Å². The molecule has 8 aromatic rings. The standard InChI is InChI=1S/C19H16N4O3S.C17H14N4O2S.2CH4/c1-11(24)26-13-6-4-12(5-7-13)23-10-21-16-15-14(22(2)3)8-9-20-18(15)27-17(16)19(23)25;1-20(2)12-7-8-18-16-13(12)14-15(24-16)17(23)21(9-19-14)10-3-5-11(22)6-4-10;;/h4-10H,1-3H3;3-9,22H,1-2H3;2*1H4. The van der Waals surface area contributed by atoms with Crippen LogP contribution in [0.15, 0.2) is 95.3 Å². The van der Waals surface area contributed by atoms with Crippen LogP contribution in [-0.4, -0.2) is 68.3 Å². The minimum atomic E-state index is -0.391. The number of thiophene rings is 2. The molecule has 13 nitrogen and oxygen atoms in total. The fourth-order valence-corrected chi connectivity index (χ4v) is 7.74. The highest BCUT2D eigenvalue weighted by molar-refractivity contribution is 7.25. The number of carbonyl (C=O) groups excluding carboxylic acids is 1. The molecule has 2 aromatic carbocycles. The Balaban J connectivity index is 0.000000198. The Hall–Kier alpha value is -6.19. The molecule has 15 heteroatoms. The Kier molecular flexibility index (Phi) is 10.9. The van der Waals surface area contributed by atoms with Crippen molar-refractivity contribution in [3.05, 3.63) is 106 Å². The highest BCUT2D eigenvalue weighted by Crippen LogP contribution is 2.36. The molecule has 272 valence electrons. The summed E-state index contributed by atoms with van der Waals surface area (Å²) in [5, 5.41) is 11.2. The molecule has 0 saturated heterocycles. The lowest BCUT2D eigenvalue weighted by atomic mass is 10.2. The van der Waals surface area contributed by atoms with Crippen molar-refractivity contribution >= 4 is 80.9 Å². The third kappa shape index (κ3) is 7.03. The smallest absolute Gasteiger partial charge is 0.308 e. The fraction of sp³-hybridized carbons (Fsp3) is 0.184. The average Bonchev–Trinajstić information content (AvgIpc) is 3.69. The molecule has 0 amide bonds. The molecular weight excluding hydrogens is 713 g/mol. The first-order valence-corrected chi connectivity index (χ1v) is 17.2. The van der Waals surface area contributed by atoms with Crippen molar-refractivity contribution in [2.24, 2.45) is 0 Å². The Morgan fingerprint density at radius 1 is 0.660 bits per heavy atom. The van der Waals surface area contributed by atoms with Gasteiger partial charge in [0.1, 0.15) is 43.2 Å². The molecule has 0 aliphatic heterocycles. The third-order valence-electron chi connectivity index (χ3n) is 7.99. The Morgan fingerprint density at radius 2 is 1.08 bits per heavy atom. The van der Waals surface area contributed by atoms with Crippen LogP contribution in [0.1, 0.15) is 21.8 Å². The first-order chi connectivity index (χ1) is 24.5. The van der Waals surface area contributed by atoms with Crippen LogP contribution < -0.4 is 25.7 Å². The maximum Gasteiger partial charge on any atom is 0.308 e. The van der Waals surface area contributed by atoms with Crippen molar-refractivity contribution in [3.63, 3.8) is 0 Å². The van der Waals surface area contributed by atoms with Crippen molar-refractivity contribution in [2.45, 2.75) is 21.8 Å². The fourth-order valence-electron chi connectivity index (χ4n) is 5.64. The molecule has 0 radical (unpaired) electrons. The minimum Gasteiger partial charge on any atom is -0.508 e. The molecule has 6 aromatic heterocycles. The van der Waals surface area contributed by atoms with E-state index >= 15 is 0 Å². The molecule has 0 aliphatic rings. The lowest BCUT2D eigenvalue weighted by Crippen LogP contribution is -2.17. The summed E-state index contributed by atoms with van der Waals surface area (Å²) >= 11 is 2.69. The monoisotopic (exact) mass is 750 g/mol. The zero-order valence-corrected chi connectivity index (χ0v) is 29.7. The second-order valence-corrected chi connectivity index (χ2v) is 13.8. The summed E-state index contributed by atoms with van der Waals surface area (Å²) < 4.78 is 9.11. The molecule has 0 atom stereocenters. The van der Waals surface area contributed by atoms with Crippen LogP contribution in [0.2, 0.25) is 0 Å². The zero-order valence-electron chi connectivity index (χ0n) is 28.1. The van der Waals surface area contributed by atoms with E-state index in [-0.39, 0.29) is 31.7 Å². The van der Waals surface area contributed by atoms with Gasteiger partial charge in [0, 0.05) is 47.5 Å². The van der Waals surface area contributed by atoms with Crippen LogP contribution in [-0.2, 0) is 4.79 Å². The van der Waals surface area contributed by atoms with Crippen molar-refractivity contribution < 1.29 is 14.6 Å². The normalized spacial score (nSPS) is 10.7. The largest absolute Gasteiger partial charge is 0.508 e. The number of esters is 1. The molecule has 0 fully saturated rings. The van der Waals surface area contributed by atoms with Gasteiger partial charge in [0.25, 0.3) is 11.1 Å². The van der Waals surface area contributed by atoms with Crippen LogP contribution in [0.4, 0.5) is 11.4 Å². The van der Waals surface area contributed by atoms with E-state index in [4.69, 9.17) is 4.74 Å². The number of aromatic nitrogens is 6. The average molecular weight is 751 g/mol. The quantitative estimate of drug-likeness (QED) is 0.143. The second-order valence-electron chi connectivity index (χ2n) is 11.8. The summed E-state index contributed by atoms with van der Waals surface area (Å²) in [6.07, 6.45) is 6.52. The van der Waals surface area contributed by atoms with E-state index in [1.165, 1.54) is 51.4 Å². The van der Waals surface area contributed by atoms with Gasteiger partial charge in [0.2, 0.25) is 0 Å². The van der Waals surface area contributed by atoms with E-state index in [0.717, 1.165) is 31.8 Å². The molecule has 0 aliphatic carbocycles. The van der Waals surface area contributed by atoms with Gasteiger partial charge in [-0.25, -0.2) is 19.9 Å². The number of hydrogen-bond acceptors (Lipinski definition) is 13. The SMILES string of the molecule is C.C.CC(=O)Oc1ccc(-n2cnc3c(sc4nccc(N(C)C)c43)c2=O)cc1.CN(C)c1ccnc2sc3c(=O)n(-c4ccc(O)cc4)cnc3c12. The predicted octanol–water partition coefficient (Wildman–Crippen LogP) is 7.03. The molecule has 0 saturated carbocycles. The number of fused-ring (bicyclic) bond motifs is 6. The van der Waals surface area contributed by atoms with E-state index < -0.39 is 5.97 Å². The summed E-state index contributed by atoms with van der Waals surface area (Å²) in [7, 11) is 7.81. The number of nitrogens with zero attached hydrogens (tertiary/aromatic N) is 8. The lowest BCUT2D eigenvalue weighted by molar-refractivity contribution is -0.131. The molecule has 0 unspecified atom stereocenters. The Morgan fingerprint density at radius 3 is 1.47 bits per heavy atom. The molecule has 53 heavy (non-hydrogen) atoms. The summed E-state index contributed by atoms with van der Waals surface area (Å²) in [6.45, 7) is 1.34.